The van der Waals surface area contributed by atoms with Gasteiger partial charge in [0.25, 0.3) is 0 Å². The Balaban J connectivity index is 0.000000614. The number of rotatable bonds is 3. The molecule has 1 N–H and O–H groups in total. The molecule has 0 amide bonds. The van der Waals surface area contributed by atoms with Crippen LogP contribution < -0.4 is 0 Å². The van der Waals surface area contributed by atoms with Gasteiger partial charge in [0.15, 0.2) is 0 Å². The highest BCUT2D eigenvalue weighted by atomic mass is 16.2. The second-order valence-electron chi connectivity index (χ2n) is 10.1. The van der Waals surface area contributed by atoms with E-state index in [0.717, 1.165) is 36.0 Å². The Kier molecular flexibility index (Phi) is 8.72. The van der Waals surface area contributed by atoms with Gasteiger partial charge in [-0.3, -0.25) is 0 Å². The third-order valence-electron chi connectivity index (χ3n) is 9.49. The average Bonchev–Trinajstić information content (AvgIpc) is 3.05. The first-order valence-electron chi connectivity index (χ1n) is 12.7. The molecule has 0 spiro atoms. The van der Waals surface area contributed by atoms with E-state index < -0.39 is 0 Å². The maximum Gasteiger partial charge on any atom is 0.0431 e. The summed E-state index contributed by atoms with van der Waals surface area (Å²) in [6.07, 6.45) is 17.4. The van der Waals surface area contributed by atoms with Crippen LogP contribution in [0.1, 0.15) is 119 Å². The molecule has 4 fully saturated rings. The van der Waals surface area contributed by atoms with Crippen molar-refractivity contribution >= 4 is 0 Å². The predicted molar refractivity (Wildman–Crippen MR) is 119 cm³/mol. The molecule has 1 heteroatoms. The van der Waals surface area contributed by atoms with Crippen LogP contribution in [0.5, 0.6) is 0 Å². The molecule has 160 valence electrons. The first kappa shape index (κ1) is 23.2. The largest absolute Gasteiger partial charge is 0.396 e. The van der Waals surface area contributed by atoms with Gasteiger partial charge < -0.3 is 5.11 Å². The molecule has 4 saturated carbocycles. The molecule has 4 aliphatic carbocycles. The highest BCUT2D eigenvalue weighted by Crippen LogP contribution is 2.67. The molecule has 0 aromatic rings. The van der Waals surface area contributed by atoms with Crippen molar-refractivity contribution in [3.63, 3.8) is 0 Å². The summed E-state index contributed by atoms with van der Waals surface area (Å²) in [5, 5.41) is 9.26. The molecule has 4 rings (SSSR count). The van der Waals surface area contributed by atoms with E-state index in [4.69, 9.17) is 0 Å². The molecular weight excluding hydrogens is 328 g/mol. The first-order valence-corrected chi connectivity index (χ1v) is 12.7. The summed E-state index contributed by atoms with van der Waals surface area (Å²) in [6, 6.07) is 0. The molecule has 0 radical (unpaired) electrons. The lowest BCUT2D eigenvalue weighted by molar-refractivity contribution is -0.111. The number of aliphatic hydroxyl groups excluding tert-OH is 1. The highest BCUT2D eigenvalue weighted by Gasteiger charge is 2.59. The zero-order valence-corrected chi connectivity index (χ0v) is 19.5. The fourth-order valence-corrected chi connectivity index (χ4v) is 8.22. The minimum atomic E-state index is 0.392. The van der Waals surface area contributed by atoms with Crippen molar-refractivity contribution in [3.8, 4) is 0 Å². The third-order valence-corrected chi connectivity index (χ3v) is 9.49. The fraction of sp³-hybridized carbons (Fsp3) is 1.00. The fourth-order valence-electron chi connectivity index (χ4n) is 8.22. The second kappa shape index (κ2) is 10.1. The molecule has 7 atom stereocenters. The maximum absolute atomic E-state index is 9.26. The first-order chi connectivity index (χ1) is 13.1. The van der Waals surface area contributed by atoms with E-state index in [-0.39, 0.29) is 0 Å². The van der Waals surface area contributed by atoms with Gasteiger partial charge in [0.1, 0.15) is 0 Å². The van der Waals surface area contributed by atoms with Crippen LogP contribution in [0.15, 0.2) is 0 Å². The van der Waals surface area contributed by atoms with Gasteiger partial charge in [-0.1, -0.05) is 54.4 Å². The molecule has 27 heavy (non-hydrogen) atoms. The van der Waals surface area contributed by atoms with Gasteiger partial charge in [-0.05, 0) is 105 Å². The van der Waals surface area contributed by atoms with Crippen LogP contribution in [0.3, 0.4) is 0 Å². The van der Waals surface area contributed by atoms with Crippen molar-refractivity contribution in [1.82, 2.24) is 0 Å². The predicted octanol–water partition coefficient (Wildman–Crippen LogP) is 7.86. The summed E-state index contributed by atoms with van der Waals surface area (Å²) in [6.45, 7) is 13.7. The van der Waals surface area contributed by atoms with Gasteiger partial charge in [0.2, 0.25) is 0 Å². The molecule has 0 aromatic heterocycles. The van der Waals surface area contributed by atoms with Gasteiger partial charge in [-0.25, -0.2) is 0 Å². The van der Waals surface area contributed by atoms with Crippen molar-refractivity contribution in [2.24, 2.45) is 40.4 Å². The smallest absolute Gasteiger partial charge is 0.0431 e. The molecular formula is C26H50O. The maximum atomic E-state index is 9.26. The van der Waals surface area contributed by atoms with E-state index in [9.17, 15) is 5.11 Å². The van der Waals surface area contributed by atoms with Crippen LogP contribution >= 0.6 is 0 Å². The molecule has 0 bridgehead atoms. The standard InChI is InChI=1S/C22H38O.2C2H6/c1-21-13-4-3-6-16(21)8-10-18-19-11-9-17(7-5-15-23)22(19,2)14-12-20(18)21;2*1-2/h16-20,23H,3-15H2,1-2H3;2*1-2H3. The van der Waals surface area contributed by atoms with E-state index >= 15 is 0 Å². The van der Waals surface area contributed by atoms with Crippen LogP contribution in [0.2, 0.25) is 0 Å². The van der Waals surface area contributed by atoms with Crippen molar-refractivity contribution in [2.75, 3.05) is 6.61 Å². The summed E-state index contributed by atoms with van der Waals surface area (Å²) in [7, 11) is 0. The normalized spacial score (nSPS) is 45.2. The quantitative estimate of drug-likeness (QED) is 0.530. The Hall–Kier alpha value is -0.0400. The number of hydrogen-bond donors (Lipinski definition) is 1. The SMILES string of the molecule is CC.CC.CC12CCCCC1CCC1C2CCC2(C)C(CCCO)CCC12. The van der Waals surface area contributed by atoms with E-state index in [1.165, 1.54) is 70.6 Å². The van der Waals surface area contributed by atoms with E-state index in [2.05, 4.69) is 13.8 Å². The number of fused-ring (bicyclic) bond motifs is 5. The molecule has 0 saturated heterocycles. The van der Waals surface area contributed by atoms with Gasteiger partial charge in [0.05, 0.1) is 0 Å². The molecule has 4 aliphatic rings. The number of hydrogen-bond acceptors (Lipinski definition) is 1. The summed E-state index contributed by atoms with van der Waals surface area (Å²) in [4.78, 5) is 0. The van der Waals surface area contributed by atoms with Gasteiger partial charge in [-0.15, -0.1) is 0 Å². The van der Waals surface area contributed by atoms with Crippen LogP contribution in [0.4, 0.5) is 0 Å². The van der Waals surface area contributed by atoms with Crippen molar-refractivity contribution in [1.29, 1.82) is 0 Å². The van der Waals surface area contributed by atoms with Crippen molar-refractivity contribution in [3.05, 3.63) is 0 Å². The third kappa shape index (κ3) is 4.15. The highest BCUT2D eigenvalue weighted by molar-refractivity contribution is 5.08. The Morgan fingerprint density at radius 3 is 2.15 bits per heavy atom. The van der Waals surface area contributed by atoms with E-state index in [1.807, 2.05) is 27.7 Å². The zero-order chi connectivity index (χ0) is 20.1. The van der Waals surface area contributed by atoms with Crippen molar-refractivity contribution in [2.45, 2.75) is 119 Å². The van der Waals surface area contributed by atoms with Gasteiger partial charge in [0, 0.05) is 6.61 Å². The Morgan fingerprint density at radius 1 is 0.741 bits per heavy atom. The van der Waals surface area contributed by atoms with Gasteiger partial charge >= 0.3 is 0 Å². The van der Waals surface area contributed by atoms with E-state index in [1.54, 1.807) is 0 Å². The number of aliphatic hydroxyl groups is 1. The summed E-state index contributed by atoms with van der Waals surface area (Å²) < 4.78 is 0. The monoisotopic (exact) mass is 378 g/mol. The molecule has 0 heterocycles. The Morgan fingerprint density at radius 2 is 1.44 bits per heavy atom. The lowest BCUT2D eigenvalue weighted by atomic mass is 9.45. The summed E-state index contributed by atoms with van der Waals surface area (Å²) >= 11 is 0. The summed E-state index contributed by atoms with van der Waals surface area (Å²) in [5.74, 6) is 5.03. The summed E-state index contributed by atoms with van der Waals surface area (Å²) in [5.41, 5.74) is 1.29. The molecule has 1 nitrogen and oxygen atoms in total. The zero-order valence-electron chi connectivity index (χ0n) is 19.5. The minimum Gasteiger partial charge on any atom is -0.396 e. The van der Waals surface area contributed by atoms with Crippen LogP contribution in [0.25, 0.3) is 0 Å². The topological polar surface area (TPSA) is 20.2 Å². The van der Waals surface area contributed by atoms with Crippen LogP contribution in [-0.4, -0.2) is 11.7 Å². The minimum absolute atomic E-state index is 0.392. The Labute approximate surface area is 171 Å². The lowest BCUT2D eigenvalue weighted by Gasteiger charge is -2.60. The Bertz CT molecular complexity index is 432. The molecule has 0 aromatic carbocycles. The average molecular weight is 379 g/mol. The van der Waals surface area contributed by atoms with Crippen LogP contribution in [-0.2, 0) is 0 Å². The van der Waals surface area contributed by atoms with Crippen molar-refractivity contribution < 1.29 is 5.11 Å². The second-order valence-corrected chi connectivity index (χ2v) is 10.1. The van der Waals surface area contributed by atoms with Crippen LogP contribution in [0, 0.1) is 40.4 Å². The molecule has 7 unspecified atom stereocenters. The van der Waals surface area contributed by atoms with E-state index in [0.29, 0.717) is 17.4 Å². The van der Waals surface area contributed by atoms with Gasteiger partial charge in [-0.2, -0.15) is 0 Å². The molecule has 0 aliphatic heterocycles. The lowest BCUT2D eigenvalue weighted by Crippen LogP contribution is -2.52.